The van der Waals surface area contributed by atoms with Crippen LogP contribution in [0.25, 0.3) is 0 Å². The number of anilines is 1. The molecule has 2 fully saturated rings. The Morgan fingerprint density at radius 2 is 1.74 bits per heavy atom. The van der Waals surface area contributed by atoms with Gasteiger partial charge in [0.2, 0.25) is 11.8 Å². The molecule has 2 aliphatic rings. The van der Waals surface area contributed by atoms with E-state index in [0.717, 1.165) is 38.5 Å². The zero-order valence-electron chi connectivity index (χ0n) is 15.5. The van der Waals surface area contributed by atoms with Gasteiger partial charge in [-0.2, -0.15) is 5.10 Å². The molecule has 0 atom stereocenters. The van der Waals surface area contributed by atoms with Crippen LogP contribution in [0.3, 0.4) is 0 Å². The molecule has 9 heteroatoms. The van der Waals surface area contributed by atoms with E-state index < -0.39 is 9.84 Å². The first kappa shape index (κ1) is 19.9. The van der Waals surface area contributed by atoms with Crippen molar-refractivity contribution in [1.82, 2.24) is 15.1 Å². The van der Waals surface area contributed by atoms with Crippen molar-refractivity contribution < 1.29 is 18.0 Å². The molecule has 2 N–H and O–H groups in total. The summed E-state index contributed by atoms with van der Waals surface area (Å²) in [7, 11) is -3.20. The number of sulfone groups is 1. The molecule has 1 heterocycles. The van der Waals surface area contributed by atoms with Crippen LogP contribution < -0.4 is 10.6 Å². The lowest BCUT2D eigenvalue weighted by atomic mass is 10.2. The Hall–Kier alpha value is -1.90. The maximum absolute atomic E-state index is 12.2. The normalized spacial score (nSPS) is 18.7. The largest absolute Gasteiger partial charge is 0.352 e. The van der Waals surface area contributed by atoms with Crippen molar-refractivity contribution >= 4 is 27.3 Å². The third-order valence-corrected chi connectivity index (χ3v) is 7.63. The van der Waals surface area contributed by atoms with Crippen molar-refractivity contribution in [3.8, 4) is 0 Å². The third kappa shape index (κ3) is 5.79. The molecule has 0 aliphatic heterocycles. The predicted octanol–water partition coefficient (Wildman–Crippen LogP) is 1.63. The van der Waals surface area contributed by atoms with Crippen molar-refractivity contribution in [3.63, 3.8) is 0 Å². The Morgan fingerprint density at radius 3 is 2.44 bits per heavy atom. The molecular formula is C18H28N4O4S. The molecule has 0 spiro atoms. The summed E-state index contributed by atoms with van der Waals surface area (Å²) >= 11 is 0. The molecule has 8 nitrogen and oxygen atoms in total. The monoisotopic (exact) mass is 396 g/mol. The first-order chi connectivity index (χ1) is 12.9. The molecule has 2 aliphatic carbocycles. The van der Waals surface area contributed by atoms with E-state index in [1.807, 2.05) is 0 Å². The minimum atomic E-state index is -3.20. The number of carbonyl (C=O) groups is 2. The molecule has 0 radical (unpaired) electrons. The number of hydrogen-bond acceptors (Lipinski definition) is 5. The van der Waals surface area contributed by atoms with Crippen molar-refractivity contribution in [3.05, 3.63) is 12.4 Å². The molecule has 0 unspecified atom stereocenters. The van der Waals surface area contributed by atoms with Crippen LogP contribution in [0.2, 0.25) is 0 Å². The third-order valence-electron chi connectivity index (χ3n) is 5.37. The summed E-state index contributed by atoms with van der Waals surface area (Å²) in [6.07, 6.45) is 10.6. The fourth-order valence-corrected chi connectivity index (χ4v) is 5.73. The summed E-state index contributed by atoms with van der Waals surface area (Å²) < 4.78 is 25.9. The van der Waals surface area contributed by atoms with Crippen LogP contribution in [0.4, 0.5) is 5.69 Å². The molecule has 2 saturated carbocycles. The quantitative estimate of drug-likeness (QED) is 0.694. The Labute approximate surface area is 160 Å². The van der Waals surface area contributed by atoms with Crippen molar-refractivity contribution in [2.75, 3.05) is 11.1 Å². The molecule has 150 valence electrons. The standard InChI is InChI=1S/C18H28N4O4S/c23-17(9-10-27(25,26)16-7-3-4-8-16)21-15-11-19-22(12-15)13-18(24)20-14-5-1-2-6-14/h11-12,14,16H,1-10,13H2,(H,20,24)(H,21,23). The van der Waals surface area contributed by atoms with Crippen LogP contribution in [0.5, 0.6) is 0 Å². The van der Waals surface area contributed by atoms with Crippen LogP contribution in [0, 0.1) is 0 Å². The van der Waals surface area contributed by atoms with Crippen molar-refractivity contribution in [2.45, 2.75) is 75.6 Å². The van der Waals surface area contributed by atoms with Crippen LogP contribution in [-0.4, -0.2) is 47.1 Å². The molecule has 2 amide bonds. The topological polar surface area (TPSA) is 110 Å². The van der Waals surface area contributed by atoms with Gasteiger partial charge in [0.15, 0.2) is 9.84 Å². The zero-order valence-corrected chi connectivity index (χ0v) is 16.3. The molecule has 3 rings (SSSR count). The highest BCUT2D eigenvalue weighted by molar-refractivity contribution is 7.92. The Kier molecular flexibility index (Phi) is 6.51. The number of aromatic nitrogens is 2. The number of hydrogen-bond donors (Lipinski definition) is 2. The first-order valence-corrected chi connectivity index (χ1v) is 11.5. The van der Waals surface area contributed by atoms with E-state index in [9.17, 15) is 18.0 Å². The van der Waals surface area contributed by atoms with Crippen LogP contribution in [0.15, 0.2) is 12.4 Å². The molecule has 0 aromatic carbocycles. The average Bonchev–Trinajstić information content (AvgIpc) is 3.36. The van der Waals surface area contributed by atoms with Crippen LogP contribution >= 0.6 is 0 Å². The van der Waals surface area contributed by atoms with Crippen LogP contribution in [0.1, 0.15) is 57.8 Å². The molecule has 1 aromatic rings. The van der Waals surface area contributed by atoms with Gasteiger partial charge in [-0.05, 0) is 25.7 Å². The van der Waals surface area contributed by atoms with Gasteiger partial charge in [0, 0.05) is 18.7 Å². The summed E-state index contributed by atoms with van der Waals surface area (Å²) in [4.78, 5) is 24.1. The second-order valence-electron chi connectivity index (χ2n) is 7.55. The maximum atomic E-state index is 12.2. The Balaban J connectivity index is 1.42. The number of rotatable bonds is 8. The van der Waals surface area contributed by atoms with E-state index in [4.69, 9.17) is 0 Å². The lowest BCUT2D eigenvalue weighted by molar-refractivity contribution is -0.122. The number of nitrogens with zero attached hydrogens (tertiary/aromatic N) is 2. The average molecular weight is 397 g/mol. The molecule has 27 heavy (non-hydrogen) atoms. The van der Waals surface area contributed by atoms with Crippen molar-refractivity contribution in [2.24, 2.45) is 0 Å². The second kappa shape index (κ2) is 8.86. The summed E-state index contributed by atoms with van der Waals surface area (Å²) in [5.41, 5.74) is 0.465. The number of carbonyl (C=O) groups excluding carboxylic acids is 2. The SMILES string of the molecule is O=C(CCS(=O)(=O)C1CCCC1)Nc1cnn(CC(=O)NC2CCCC2)c1. The molecule has 0 bridgehead atoms. The van der Waals surface area contributed by atoms with E-state index in [2.05, 4.69) is 15.7 Å². The van der Waals surface area contributed by atoms with E-state index >= 15 is 0 Å². The van der Waals surface area contributed by atoms with Gasteiger partial charge < -0.3 is 10.6 Å². The van der Waals surface area contributed by atoms with E-state index in [1.165, 1.54) is 10.9 Å². The molecule has 1 aromatic heterocycles. The van der Waals surface area contributed by atoms with Gasteiger partial charge in [0.1, 0.15) is 6.54 Å². The fourth-order valence-electron chi connectivity index (χ4n) is 3.88. The molecule has 0 saturated heterocycles. The minimum Gasteiger partial charge on any atom is -0.352 e. The predicted molar refractivity (Wildman–Crippen MR) is 102 cm³/mol. The molecular weight excluding hydrogens is 368 g/mol. The maximum Gasteiger partial charge on any atom is 0.241 e. The summed E-state index contributed by atoms with van der Waals surface area (Å²) in [5.74, 6) is -0.571. The van der Waals surface area contributed by atoms with Gasteiger partial charge in [0.05, 0.1) is 22.9 Å². The van der Waals surface area contributed by atoms with Crippen molar-refractivity contribution in [1.29, 1.82) is 0 Å². The van der Waals surface area contributed by atoms with E-state index in [-0.39, 0.29) is 41.8 Å². The van der Waals surface area contributed by atoms with Gasteiger partial charge in [0.25, 0.3) is 0 Å². The van der Waals surface area contributed by atoms with Gasteiger partial charge >= 0.3 is 0 Å². The van der Waals surface area contributed by atoms with E-state index in [0.29, 0.717) is 18.5 Å². The lowest BCUT2D eigenvalue weighted by Gasteiger charge is -2.11. The summed E-state index contributed by atoms with van der Waals surface area (Å²) in [5, 5.41) is 9.43. The van der Waals surface area contributed by atoms with Gasteiger partial charge in [-0.3, -0.25) is 14.3 Å². The van der Waals surface area contributed by atoms with Gasteiger partial charge in [-0.1, -0.05) is 25.7 Å². The highest BCUT2D eigenvalue weighted by atomic mass is 32.2. The van der Waals surface area contributed by atoms with Gasteiger partial charge in [-0.15, -0.1) is 0 Å². The van der Waals surface area contributed by atoms with Gasteiger partial charge in [-0.25, -0.2) is 8.42 Å². The first-order valence-electron chi connectivity index (χ1n) is 9.75. The highest BCUT2D eigenvalue weighted by Gasteiger charge is 2.28. The lowest BCUT2D eigenvalue weighted by Crippen LogP contribution is -2.35. The summed E-state index contributed by atoms with van der Waals surface area (Å²) in [6.45, 7) is 0.0996. The Morgan fingerprint density at radius 1 is 1.07 bits per heavy atom. The minimum absolute atomic E-state index is 0.0633. The van der Waals surface area contributed by atoms with Crippen LogP contribution in [-0.2, 0) is 26.0 Å². The summed E-state index contributed by atoms with van der Waals surface area (Å²) in [6, 6.07) is 0.258. The second-order valence-corrected chi connectivity index (χ2v) is 9.95. The smallest absolute Gasteiger partial charge is 0.241 e. The van der Waals surface area contributed by atoms with E-state index in [1.54, 1.807) is 6.20 Å². The fraction of sp³-hybridized carbons (Fsp3) is 0.722. The number of nitrogens with one attached hydrogen (secondary N) is 2. The number of amides is 2. The Bertz CT molecular complexity index is 762. The highest BCUT2D eigenvalue weighted by Crippen LogP contribution is 2.25. The zero-order chi connectivity index (χ0) is 19.3.